The molecule has 1 atom stereocenters. The molecule has 0 radical (unpaired) electrons. The van der Waals surface area contributed by atoms with Crippen molar-refractivity contribution in [2.45, 2.75) is 6.42 Å². The number of carbonyl (C=O) groups is 2. The van der Waals surface area contributed by atoms with E-state index in [0.29, 0.717) is 17.9 Å². The largest absolute Gasteiger partial charge is 0.397 e. The SMILES string of the molecule is CN1CC(C(=O)Nc2ccccc2N)CC1=O.Cl. The second-order valence-electron chi connectivity index (χ2n) is 4.25. The molecule has 1 unspecified atom stereocenters. The lowest BCUT2D eigenvalue weighted by Gasteiger charge is -2.12. The smallest absolute Gasteiger partial charge is 0.229 e. The number of rotatable bonds is 2. The van der Waals surface area contributed by atoms with E-state index in [4.69, 9.17) is 5.73 Å². The van der Waals surface area contributed by atoms with Crippen molar-refractivity contribution < 1.29 is 9.59 Å². The van der Waals surface area contributed by atoms with Gasteiger partial charge in [-0.05, 0) is 12.1 Å². The van der Waals surface area contributed by atoms with Crippen LogP contribution in [0.1, 0.15) is 6.42 Å². The van der Waals surface area contributed by atoms with Crippen molar-refractivity contribution in [3.63, 3.8) is 0 Å². The third kappa shape index (κ3) is 2.92. The van der Waals surface area contributed by atoms with Crippen molar-refractivity contribution >= 4 is 35.6 Å². The number of likely N-dealkylation sites (tertiary alicyclic amines) is 1. The summed E-state index contributed by atoms with van der Waals surface area (Å²) in [5.41, 5.74) is 6.85. The summed E-state index contributed by atoms with van der Waals surface area (Å²) in [4.78, 5) is 24.8. The minimum absolute atomic E-state index is 0. The fourth-order valence-corrected chi connectivity index (χ4v) is 1.88. The van der Waals surface area contributed by atoms with E-state index in [1.165, 1.54) is 0 Å². The first-order valence-corrected chi connectivity index (χ1v) is 5.47. The van der Waals surface area contributed by atoms with Gasteiger partial charge in [-0.1, -0.05) is 12.1 Å². The number of hydrogen-bond donors (Lipinski definition) is 2. The van der Waals surface area contributed by atoms with Gasteiger partial charge in [-0.3, -0.25) is 9.59 Å². The summed E-state index contributed by atoms with van der Waals surface area (Å²) in [5.74, 6) is -0.432. The average molecular weight is 270 g/mol. The highest BCUT2D eigenvalue weighted by Gasteiger charge is 2.32. The average Bonchev–Trinajstić information content (AvgIpc) is 2.63. The van der Waals surface area contributed by atoms with Crippen molar-refractivity contribution in [2.75, 3.05) is 24.6 Å². The van der Waals surface area contributed by atoms with Gasteiger partial charge >= 0.3 is 0 Å². The first-order chi connectivity index (χ1) is 8.08. The van der Waals surface area contributed by atoms with Crippen molar-refractivity contribution in [1.82, 2.24) is 4.90 Å². The topological polar surface area (TPSA) is 75.4 Å². The van der Waals surface area contributed by atoms with E-state index in [-0.39, 0.29) is 36.6 Å². The standard InChI is InChI=1S/C12H15N3O2.ClH/c1-15-7-8(6-11(15)16)12(17)14-10-5-3-2-4-9(10)13;/h2-5,8H,6-7,13H2,1H3,(H,14,17);1H. The minimum atomic E-state index is -0.285. The van der Waals surface area contributed by atoms with Crippen LogP contribution >= 0.6 is 12.4 Å². The summed E-state index contributed by atoms with van der Waals surface area (Å²) in [6.07, 6.45) is 0.273. The molecule has 1 aliphatic heterocycles. The minimum Gasteiger partial charge on any atom is -0.397 e. The van der Waals surface area contributed by atoms with Gasteiger partial charge < -0.3 is 16.0 Å². The predicted octanol–water partition coefficient (Wildman–Crippen LogP) is 1.11. The van der Waals surface area contributed by atoms with Crippen LogP contribution in [-0.4, -0.2) is 30.3 Å². The Bertz CT molecular complexity index is 464. The molecule has 6 heteroatoms. The zero-order valence-corrected chi connectivity index (χ0v) is 10.9. The fraction of sp³-hybridized carbons (Fsp3) is 0.333. The van der Waals surface area contributed by atoms with Crippen molar-refractivity contribution in [3.8, 4) is 0 Å². The van der Waals surface area contributed by atoms with E-state index in [0.717, 1.165) is 0 Å². The van der Waals surface area contributed by atoms with Gasteiger partial charge in [-0.15, -0.1) is 12.4 Å². The second-order valence-corrected chi connectivity index (χ2v) is 4.25. The Hall–Kier alpha value is -1.75. The Kier molecular flexibility index (Phi) is 4.55. The molecule has 1 fully saturated rings. The molecule has 0 aromatic heterocycles. The van der Waals surface area contributed by atoms with E-state index < -0.39 is 0 Å². The molecule has 2 amide bonds. The molecule has 5 nitrogen and oxygen atoms in total. The van der Waals surface area contributed by atoms with Gasteiger partial charge in [0.25, 0.3) is 0 Å². The van der Waals surface area contributed by atoms with E-state index in [2.05, 4.69) is 5.32 Å². The van der Waals surface area contributed by atoms with Crippen molar-refractivity contribution in [1.29, 1.82) is 0 Å². The van der Waals surface area contributed by atoms with Gasteiger partial charge in [0.2, 0.25) is 11.8 Å². The molecule has 1 aliphatic rings. The molecule has 0 aliphatic carbocycles. The molecular formula is C12H16ClN3O2. The second kappa shape index (κ2) is 5.73. The van der Waals surface area contributed by atoms with E-state index in [1.54, 1.807) is 36.2 Å². The molecule has 1 heterocycles. The Labute approximate surface area is 112 Å². The number of nitrogens with one attached hydrogen (secondary N) is 1. The number of amides is 2. The van der Waals surface area contributed by atoms with E-state index in [1.807, 2.05) is 0 Å². The lowest BCUT2D eigenvalue weighted by Crippen LogP contribution is -2.26. The van der Waals surface area contributed by atoms with Crippen LogP contribution in [0.15, 0.2) is 24.3 Å². The number of carbonyl (C=O) groups excluding carboxylic acids is 2. The first kappa shape index (κ1) is 14.3. The Morgan fingerprint density at radius 1 is 1.44 bits per heavy atom. The first-order valence-electron chi connectivity index (χ1n) is 5.47. The monoisotopic (exact) mass is 269 g/mol. The van der Waals surface area contributed by atoms with Gasteiger partial charge in [-0.2, -0.15) is 0 Å². The normalized spacial score (nSPS) is 18.4. The van der Waals surface area contributed by atoms with Crippen LogP contribution in [0.25, 0.3) is 0 Å². The lowest BCUT2D eigenvalue weighted by atomic mass is 10.1. The summed E-state index contributed by atoms with van der Waals surface area (Å²) in [6.45, 7) is 0.470. The number of benzene rings is 1. The molecule has 1 saturated heterocycles. The number of nitrogens with zero attached hydrogens (tertiary/aromatic N) is 1. The summed E-state index contributed by atoms with van der Waals surface area (Å²) < 4.78 is 0. The highest BCUT2D eigenvalue weighted by atomic mass is 35.5. The van der Waals surface area contributed by atoms with Gasteiger partial charge in [0.15, 0.2) is 0 Å². The number of halogens is 1. The highest BCUT2D eigenvalue weighted by molar-refractivity contribution is 5.98. The number of para-hydroxylation sites is 2. The van der Waals surface area contributed by atoms with Crippen LogP contribution in [-0.2, 0) is 9.59 Å². The van der Waals surface area contributed by atoms with Crippen molar-refractivity contribution in [3.05, 3.63) is 24.3 Å². The molecule has 2 rings (SSSR count). The molecule has 18 heavy (non-hydrogen) atoms. The Balaban J connectivity index is 0.00000162. The molecule has 1 aromatic rings. The zero-order chi connectivity index (χ0) is 12.4. The van der Waals surface area contributed by atoms with Crippen LogP contribution in [0.4, 0.5) is 11.4 Å². The number of nitrogens with two attached hydrogens (primary N) is 1. The molecule has 0 spiro atoms. The number of anilines is 2. The lowest BCUT2D eigenvalue weighted by molar-refractivity contribution is -0.127. The van der Waals surface area contributed by atoms with Crippen molar-refractivity contribution in [2.24, 2.45) is 5.92 Å². The molecule has 1 aromatic carbocycles. The Morgan fingerprint density at radius 3 is 2.67 bits per heavy atom. The maximum Gasteiger partial charge on any atom is 0.229 e. The molecular weight excluding hydrogens is 254 g/mol. The zero-order valence-electron chi connectivity index (χ0n) is 10.1. The number of hydrogen-bond acceptors (Lipinski definition) is 3. The third-order valence-corrected chi connectivity index (χ3v) is 2.93. The highest BCUT2D eigenvalue weighted by Crippen LogP contribution is 2.21. The van der Waals surface area contributed by atoms with Gasteiger partial charge in [0.1, 0.15) is 0 Å². The van der Waals surface area contributed by atoms with Crippen LogP contribution in [0, 0.1) is 5.92 Å². The summed E-state index contributed by atoms with van der Waals surface area (Å²) >= 11 is 0. The maximum absolute atomic E-state index is 11.9. The van der Waals surface area contributed by atoms with Gasteiger partial charge in [0.05, 0.1) is 17.3 Å². The van der Waals surface area contributed by atoms with Crippen LogP contribution in [0.5, 0.6) is 0 Å². The maximum atomic E-state index is 11.9. The fourth-order valence-electron chi connectivity index (χ4n) is 1.88. The molecule has 3 N–H and O–H groups in total. The van der Waals surface area contributed by atoms with Gasteiger partial charge in [-0.25, -0.2) is 0 Å². The Morgan fingerprint density at radius 2 is 2.11 bits per heavy atom. The van der Waals surface area contributed by atoms with Crippen LogP contribution in [0.3, 0.4) is 0 Å². The summed E-state index contributed by atoms with van der Waals surface area (Å²) in [7, 11) is 1.70. The summed E-state index contributed by atoms with van der Waals surface area (Å²) in [6, 6.07) is 7.07. The van der Waals surface area contributed by atoms with E-state index in [9.17, 15) is 9.59 Å². The van der Waals surface area contributed by atoms with E-state index >= 15 is 0 Å². The summed E-state index contributed by atoms with van der Waals surface area (Å²) in [5, 5.41) is 2.75. The molecule has 0 saturated carbocycles. The molecule has 0 bridgehead atoms. The quantitative estimate of drug-likeness (QED) is 0.790. The number of nitrogen functional groups attached to an aromatic ring is 1. The van der Waals surface area contributed by atoms with Crippen LogP contribution < -0.4 is 11.1 Å². The van der Waals surface area contributed by atoms with Crippen LogP contribution in [0.2, 0.25) is 0 Å². The predicted molar refractivity (Wildman–Crippen MR) is 72.5 cm³/mol. The third-order valence-electron chi connectivity index (χ3n) is 2.93. The molecule has 98 valence electrons. The van der Waals surface area contributed by atoms with Gasteiger partial charge in [0, 0.05) is 20.0 Å².